The molecule has 6 atom stereocenters. The summed E-state index contributed by atoms with van der Waals surface area (Å²) in [6.45, 7) is 5.13. The van der Waals surface area contributed by atoms with E-state index in [1.54, 1.807) is 24.9 Å². The third-order valence-electron chi connectivity index (χ3n) is 5.75. The van der Waals surface area contributed by atoms with Gasteiger partial charge in [-0.2, -0.15) is 5.10 Å². The molecule has 4 rings (SSSR count). The molecule has 2 fully saturated rings. The number of hydrogen-bond donors (Lipinski definition) is 3. The second kappa shape index (κ2) is 6.96. The molecule has 146 valence electrons. The van der Waals surface area contributed by atoms with Gasteiger partial charge in [0.25, 0.3) is 0 Å². The third-order valence-corrected chi connectivity index (χ3v) is 7.26. The fourth-order valence-electron chi connectivity index (χ4n) is 4.50. The van der Waals surface area contributed by atoms with Crippen molar-refractivity contribution in [2.75, 3.05) is 6.54 Å². The number of hydrogen-bond acceptors (Lipinski definition) is 6. The van der Waals surface area contributed by atoms with E-state index in [-0.39, 0.29) is 34.9 Å². The van der Waals surface area contributed by atoms with Gasteiger partial charge in [0.2, 0.25) is 5.91 Å². The smallest absolute Gasteiger partial charge is 0.353 e. The van der Waals surface area contributed by atoms with Crippen molar-refractivity contribution >= 4 is 23.6 Å². The molecule has 0 radical (unpaired) electrons. The predicted octanol–water partition coefficient (Wildman–Crippen LogP) is 0.501. The third kappa shape index (κ3) is 3.07. The van der Waals surface area contributed by atoms with Crippen molar-refractivity contribution in [3.8, 4) is 0 Å². The molecule has 8 nitrogen and oxygen atoms in total. The number of nitrogens with one attached hydrogen (secondary N) is 1. The van der Waals surface area contributed by atoms with Crippen LogP contribution in [0.5, 0.6) is 0 Å². The number of aromatic nitrogens is 2. The van der Waals surface area contributed by atoms with Gasteiger partial charge in [0.1, 0.15) is 5.70 Å². The Kier molecular flexibility index (Phi) is 4.77. The van der Waals surface area contributed by atoms with Gasteiger partial charge in [-0.25, -0.2) is 4.79 Å². The second-order valence-electron chi connectivity index (χ2n) is 7.58. The maximum Gasteiger partial charge on any atom is 0.353 e. The Morgan fingerprint density at radius 1 is 1.52 bits per heavy atom. The molecule has 0 aliphatic carbocycles. The molecule has 0 aromatic carbocycles. The van der Waals surface area contributed by atoms with E-state index in [2.05, 4.69) is 10.4 Å². The molecule has 1 amide bonds. The number of nitrogens with zero attached hydrogens (tertiary/aromatic N) is 3. The Morgan fingerprint density at radius 3 is 2.93 bits per heavy atom. The van der Waals surface area contributed by atoms with Crippen molar-refractivity contribution in [3.63, 3.8) is 0 Å². The highest BCUT2D eigenvalue weighted by atomic mass is 32.2. The average Bonchev–Trinajstić information content (AvgIpc) is 3.30. The molecule has 0 unspecified atom stereocenters. The van der Waals surface area contributed by atoms with Crippen LogP contribution in [0.15, 0.2) is 29.1 Å². The van der Waals surface area contributed by atoms with E-state index in [0.717, 1.165) is 24.4 Å². The minimum Gasteiger partial charge on any atom is -0.477 e. The summed E-state index contributed by atoms with van der Waals surface area (Å²) >= 11 is 1.57. The average molecular weight is 392 g/mol. The lowest BCUT2D eigenvalue weighted by Gasteiger charge is -2.46. The van der Waals surface area contributed by atoms with Gasteiger partial charge in [0.05, 0.1) is 24.6 Å². The molecule has 3 aliphatic rings. The van der Waals surface area contributed by atoms with Gasteiger partial charge in [-0.3, -0.25) is 9.48 Å². The van der Waals surface area contributed by atoms with E-state index in [4.69, 9.17) is 0 Å². The maximum absolute atomic E-state index is 12.4. The zero-order valence-electron chi connectivity index (χ0n) is 15.3. The lowest BCUT2D eigenvalue weighted by molar-refractivity contribution is -0.163. The number of aliphatic carboxylic acids is 1. The lowest BCUT2D eigenvalue weighted by atomic mass is 9.79. The van der Waals surface area contributed by atoms with Crippen LogP contribution in [0.2, 0.25) is 0 Å². The minimum absolute atomic E-state index is 0.0800. The van der Waals surface area contributed by atoms with Gasteiger partial charge in [0, 0.05) is 41.1 Å². The number of fused-ring (bicyclic) bond motifs is 1. The quantitative estimate of drug-likeness (QED) is 0.605. The normalized spacial score (nSPS) is 34.0. The number of carbonyl (C=O) groups is 2. The Labute approximate surface area is 161 Å². The summed E-state index contributed by atoms with van der Waals surface area (Å²) in [6.07, 6.45) is 3.82. The first-order valence-corrected chi connectivity index (χ1v) is 10.1. The zero-order chi connectivity index (χ0) is 19.3. The number of rotatable bonds is 6. The van der Waals surface area contributed by atoms with Crippen molar-refractivity contribution in [2.45, 2.75) is 50.3 Å². The van der Waals surface area contributed by atoms with Crippen LogP contribution in [0.1, 0.15) is 20.3 Å². The highest BCUT2D eigenvalue weighted by Gasteiger charge is 2.60. The van der Waals surface area contributed by atoms with Crippen LogP contribution in [0.3, 0.4) is 0 Å². The molecular formula is C18H24N4O4S. The van der Waals surface area contributed by atoms with Gasteiger partial charge >= 0.3 is 5.97 Å². The summed E-state index contributed by atoms with van der Waals surface area (Å²) in [7, 11) is 0. The first kappa shape index (κ1) is 18.5. The SMILES string of the molecule is C[C@@H](O)[C@H]1C(=O)N2C(C(=O)O)=C(S[C@@H]3CN[C@H](Cn4cccn4)C3)[C@H](C)[C@H]12. The Bertz CT molecular complexity index is 778. The van der Waals surface area contributed by atoms with E-state index in [0.29, 0.717) is 0 Å². The minimum atomic E-state index is -1.07. The number of carboxylic acids is 1. The van der Waals surface area contributed by atoms with Gasteiger partial charge in [-0.1, -0.05) is 6.92 Å². The van der Waals surface area contributed by atoms with Gasteiger partial charge < -0.3 is 20.4 Å². The first-order chi connectivity index (χ1) is 12.9. The van der Waals surface area contributed by atoms with E-state index in [1.165, 1.54) is 4.90 Å². The predicted molar refractivity (Wildman–Crippen MR) is 99.6 cm³/mol. The highest BCUT2D eigenvalue weighted by molar-refractivity contribution is 8.03. The van der Waals surface area contributed by atoms with Crippen molar-refractivity contribution in [2.24, 2.45) is 11.8 Å². The Hall–Kier alpha value is -1.84. The molecule has 3 aliphatic heterocycles. The Morgan fingerprint density at radius 2 is 2.30 bits per heavy atom. The number of amides is 1. The summed E-state index contributed by atoms with van der Waals surface area (Å²) in [5.41, 5.74) is 0.106. The van der Waals surface area contributed by atoms with Gasteiger partial charge in [-0.15, -0.1) is 11.8 Å². The molecule has 0 saturated carbocycles. The van der Waals surface area contributed by atoms with Crippen LogP contribution in [-0.4, -0.2) is 66.8 Å². The van der Waals surface area contributed by atoms with Crippen LogP contribution in [0.4, 0.5) is 0 Å². The molecule has 0 bridgehead atoms. The highest BCUT2D eigenvalue weighted by Crippen LogP contribution is 2.51. The summed E-state index contributed by atoms with van der Waals surface area (Å²) in [5.74, 6) is -1.94. The summed E-state index contributed by atoms with van der Waals surface area (Å²) in [5, 5.41) is 27.6. The topological polar surface area (TPSA) is 108 Å². The van der Waals surface area contributed by atoms with E-state index in [9.17, 15) is 19.8 Å². The van der Waals surface area contributed by atoms with E-state index in [1.807, 2.05) is 23.9 Å². The monoisotopic (exact) mass is 392 g/mol. The van der Waals surface area contributed by atoms with Crippen LogP contribution in [0, 0.1) is 11.8 Å². The molecule has 1 aromatic heterocycles. The second-order valence-corrected chi connectivity index (χ2v) is 8.92. The van der Waals surface area contributed by atoms with Crippen LogP contribution >= 0.6 is 11.8 Å². The van der Waals surface area contributed by atoms with Crippen LogP contribution in [-0.2, 0) is 16.1 Å². The number of aliphatic hydroxyl groups is 1. The van der Waals surface area contributed by atoms with Crippen molar-refractivity contribution in [1.29, 1.82) is 0 Å². The molecule has 2 saturated heterocycles. The van der Waals surface area contributed by atoms with E-state index < -0.39 is 18.0 Å². The molecule has 1 aromatic rings. The summed E-state index contributed by atoms with van der Waals surface area (Å²) in [6, 6.07) is 1.93. The van der Waals surface area contributed by atoms with Crippen molar-refractivity contribution in [3.05, 3.63) is 29.1 Å². The number of carboxylic acid groups (broad SMARTS) is 1. The van der Waals surface area contributed by atoms with Gasteiger partial charge in [-0.05, 0) is 19.4 Å². The molecule has 4 heterocycles. The maximum atomic E-state index is 12.4. The summed E-state index contributed by atoms with van der Waals surface area (Å²) < 4.78 is 1.89. The van der Waals surface area contributed by atoms with Crippen LogP contribution in [0.25, 0.3) is 0 Å². The van der Waals surface area contributed by atoms with Crippen molar-refractivity contribution in [1.82, 2.24) is 20.0 Å². The molecule has 0 spiro atoms. The standard InChI is InChI=1S/C18H24N4O4S/c1-9-14-13(10(2)23)17(24)22(14)15(18(25)26)16(9)27-12-6-11(19-7-12)8-21-5-3-4-20-21/h3-5,9-14,19,23H,6-8H2,1-2H3,(H,25,26)/t9-,10-,11+,12+,13-,14-/m1/s1. The zero-order valence-corrected chi connectivity index (χ0v) is 16.1. The van der Waals surface area contributed by atoms with Crippen LogP contribution < -0.4 is 5.32 Å². The van der Waals surface area contributed by atoms with Crippen molar-refractivity contribution < 1.29 is 19.8 Å². The summed E-state index contributed by atoms with van der Waals surface area (Å²) in [4.78, 5) is 26.4. The number of thioether (sulfide) groups is 1. The molecular weight excluding hydrogens is 368 g/mol. The number of carbonyl (C=O) groups excluding carboxylic acids is 1. The molecule has 9 heteroatoms. The fraction of sp³-hybridized carbons (Fsp3) is 0.611. The lowest BCUT2D eigenvalue weighted by Crippen LogP contribution is -2.63. The molecule has 27 heavy (non-hydrogen) atoms. The van der Waals surface area contributed by atoms with E-state index >= 15 is 0 Å². The molecule has 3 N–H and O–H groups in total. The number of aliphatic hydroxyl groups excluding tert-OH is 1. The van der Waals surface area contributed by atoms with Gasteiger partial charge in [0.15, 0.2) is 0 Å². The first-order valence-electron chi connectivity index (χ1n) is 9.24. The largest absolute Gasteiger partial charge is 0.477 e. The fourth-order valence-corrected chi connectivity index (χ4v) is 6.02. The Balaban J connectivity index is 1.48. The number of β-lactam (4-membered cyclic amide) rings is 1.